The van der Waals surface area contributed by atoms with E-state index in [1.165, 1.54) is 72.0 Å². The molecule has 9 aromatic rings. The van der Waals surface area contributed by atoms with Crippen LogP contribution in [0.1, 0.15) is 51.3 Å². The smallest absolute Gasteiger partial charge is 0.0725 e. The van der Waals surface area contributed by atoms with E-state index in [1.54, 1.807) is 0 Å². The molecule has 0 saturated carbocycles. The second kappa shape index (κ2) is 13.4. The summed E-state index contributed by atoms with van der Waals surface area (Å²) in [6.07, 6.45) is -0.473. The number of aliphatic imine (C=N–C) groups is 1. The van der Waals surface area contributed by atoms with Crippen LogP contribution < -0.4 is 5.32 Å². The third-order valence-corrected chi connectivity index (χ3v) is 12.7. The quantitative estimate of drug-likeness (QED) is 0.187. The second-order valence-electron chi connectivity index (χ2n) is 15.8. The van der Waals surface area contributed by atoms with Gasteiger partial charge in [0.15, 0.2) is 0 Å². The molecule has 3 heteroatoms. The Bertz CT molecular complexity index is 3060. The van der Waals surface area contributed by atoms with Gasteiger partial charge < -0.3 is 15.6 Å². The van der Waals surface area contributed by atoms with Gasteiger partial charge in [0, 0.05) is 12.3 Å². The van der Waals surface area contributed by atoms with Crippen molar-refractivity contribution >= 4 is 16.6 Å². The minimum atomic E-state index is -0.411. The van der Waals surface area contributed by atoms with E-state index in [9.17, 15) is 0 Å². The summed E-state index contributed by atoms with van der Waals surface area (Å²) in [6.45, 7) is 0. The highest BCUT2D eigenvalue weighted by molar-refractivity contribution is 6.11. The number of hydrogen-bond acceptors (Lipinski definition) is 2. The maximum Gasteiger partial charge on any atom is 0.0725 e. The van der Waals surface area contributed by atoms with Crippen LogP contribution in [0.5, 0.6) is 0 Å². The highest BCUT2D eigenvalue weighted by Gasteiger charge is 2.51. The molecule has 2 aliphatic carbocycles. The average molecular weight is 753 g/mol. The Labute approximate surface area is 344 Å². The minimum absolute atomic E-state index is 0.237. The van der Waals surface area contributed by atoms with E-state index >= 15 is 0 Å². The maximum atomic E-state index is 5.25. The Hall–Kier alpha value is -7.33. The molecule has 59 heavy (non-hydrogen) atoms. The van der Waals surface area contributed by atoms with Crippen LogP contribution in [-0.4, -0.2) is 5.84 Å². The summed E-state index contributed by atoms with van der Waals surface area (Å²) in [5, 5.41) is 11.4. The molecule has 1 heterocycles. The molecule has 0 saturated heterocycles. The first kappa shape index (κ1) is 33.8. The van der Waals surface area contributed by atoms with Crippen LogP contribution in [0.4, 0.5) is 0 Å². The van der Waals surface area contributed by atoms with E-state index in [2.05, 4.69) is 206 Å². The van der Waals surface area contributed by atoms with E-state index < -0.39 is 5.41 Å². The fourth-order valence-electron chi connectivity index (χ4n) is 10.2. The third-order valence-electron chi connectivity index (χ3n) is 12.7. The van der Waals surface area contributed by atoms with E-state index in [-0.39, 0.29) is 12.3 Å². The number of rotatable bonds is 5. The van der Waals surface area contributed by atoms with Crippen LogP contribution in [0.3, 0.4) is 0 Å². The van der Waals surface area contributed by atoms with Gasteiger partial charge in [-0.2, -0.15) is 0 Å². The number of amidine groups is 1. The molecule has 1 N–H and O–H groups in total. The second-order valence-corrected chi connectivity index (χ2v) is 15.8. The molecule has 1 aliphatic heterocycles. The molecule has 2 unspecified atom stereocenters. The van der Waals surface area contributed by atoms with Gasteiger partial charge in [-0.15, -0.1) is 0 Å². The Morgan fingerprint density at radius 3 is 1.66 bits per heavy atom. The Balaban J connectivity index is 1.04. The average Bonchev–Trinajstić information content (AvgIpc) is 3.79. The van der Waals surface area contributed by atoms with Gasteiger partial charge in [-0.25, -0.2) is 0 Å². The molecular formula is C56H38N3-. The molecule has 2 atom stereocenters. The van der Waals surface area contributed by atoms with Crippen molar-refractivity contribution in [1.29, 1.82) is 0 Å². The summed E-state index contributed by atoms with van der Waals surface area (Å²) in [5.41, 5.74) is 18.2. The lowest BCUT2D eigenvalue weighted by atomic mass is 9.70. The zero-order chi connectivity index (χ0) is 38.9. The van der Waals surface area contributed by atoms with Gasteiger partial charge in [-0.3, -0.25) is 0 Å². The van der Waals surface area contributed by atoms with Crippen LogP contribution in [0, 0.1) is 0 Å². The highest BCUT2D eigenvalue weighted by Crippen LogP contribution is 2.63. The van der Waals surface area contributed by atoms with Crippen LogP contribution in [-0.2, 0) is 5.41 Å². The number of fused-ring (bicyclic) bond motifs is 11. The lowest BCUT2D eigenvalue weighted by Crippen LogP contribution is -2.31. The Kier molecular flexibility index (Phi) is 7.66. The van der Waals surface area contributed by atoms with E-state index in [1.807, 2.05) is 12.1 Å². The number of hydrogen-bond donors (Lipinski definition) is 1. The van der Waals surface area contributed by atoms with E-state index in [0.717, 1.165) is 28.1 Å². The molecule has 0 bridgehead atoms. The summed E-state index contributed by atoms with van der Waals surface area (Å²) in [6, 6.07) is 77.4. The van der Waals surface area contributed by atoms with Gasteiger partial charge in [-0.05, 0) is 106 Å². The van der Waals surface area contributed by atoms with Gasteiger partial charge in [-0.1, -0.05) is 206 Å². The highest BCUT2D eigenvalue weighted by atomic mass is 15.3. The molecule has 1 spiro atoms. The molecular weight excluding hydrogens is 715 g/mol. The first-order valence-electron chi connectivity index (χ1n) is 20.5. The minimum Gasteiger partial charge on any atom is -0.445 e. The van der Waals surface area contributed by atoms with Crippen molar-refractivity contribution in [2.75, 3.05) is 0 Å². The first-order chi connectivity index (χ1) is 29.3. The molecule has 0 fully saturated rings. The third kappa shape index (κ3) is 5.15. The SMILES string of the molecule is c1ccc(C2N=C(c3cccc(-c4c(-c5ccc6c(c5)C5(c7ccccc7-c7ccccc75)c5ccccc5-6)ccc5ccccc45)c3)[N-]C(c3ccccc3)N2)cc1. The monoisotopic (exact) mass is 752 g/mol. The Morgan fingerprint density at radius 2 is 0.966 bits per heavy atom. The molecule has 0 radical (unpaired) electrons. The first-order valence-corrected chi connectivity index (χ1v) is 20.5. The summed E-state index contributed by atoms with van der Waals surface area (Å²) < 4.78 is 0. The van der Waals surface area contributed by atoms with Crippen molar-refractivity contribution in [2.24, 2.45) is 4.99 Å². The lowest BCUT2D eigenvalue weighted by molar-refractivity contribution is 0.488. The van der Waals surface area contributed by atoms with Crippen molar-refractivity contribution < 1.29 is 0 Å². The fraction of sp³-hybridized carbons (Fsp3) is 0.0536. The summed E-state index contributed by atoms with van der Waals surface area (Å²) in [7, 11) is 0. The molecule has 278 valence electrons. The number of nitrogens with one attached hydrogen (secondary N) is 1. The zero-order valence-corrected chi connectivity index (χ0v) is 32.3. The molecule has 0 amide bonds. The number of benzene rings is 9. The van der Waals surface area contributed by atoms with Gasteiger partial charge in [0.25, 0.3) is 0 Å². The van der Waals surface area contributed by atoms with Gasteiger partial charge >= 0.3 is 0 Å². The van der Waals surface area contributed by atoms with Gasteiger partial charge in [0.2, 0.25) is 0 Å². The molecule has 3 aliphatic rings. The van der Waals surface area contributed by atoms with E-state index in [4.69, 9.17) is 10.3 Å². The predicted molar refractivity (Wildman–Crippen MR) is 243 cm³/mol. The van der Waals surface area contributed by atoms with Crippen LogP contribution in [0.15, 0.2) is 217 Å². The molecule has 0 aromatic heterocycles. The van der Waals surface area contributed by atoms with Gasteiger partial charge in [0.05, 0.1) is 5.41 Å². The van der Waals surface area contributed by atoms with Crippen molar-refractivity contribution in [3.63, 3.8) is 0 Å². The number of nitrogens with zero attached hydrogens (tertiary/aromatic N) is 2. The molecule has 12 rings (SSSR count). The maximum absolute atomic E-state index is 5.25. The van der Waals surface area contributed by atoms with Crippen molar-refractivity contribution in [3.05, 3.63) is 257 Å². The normalized spacial score (nSPS) is 16.8. The standard InChI is InChI=1S/C56H38N3/c1-3-17-37(18-4-1)53-57-54(38-19-5-2-6-20-38)59-55(58-53)41-22-15-21-40(34-41)52-42-23-8-7-16-36(42)30-32-43(52)39-31-33-47-46-26-11-14-29-50(46)56(51(47)35-39)48-27-12-9-24-44(48)45-25-10-13-28-49(45)56/h1-35,53-54,57H/q-1. The zero-order valence-electron chi connectivity index (χ0n) is 32.3. The molecule has 9 aromatic carbocycles. The van der Waals surface area contributed by atoms with Crippen molar-refractivity contribution in [1.82, 2.24) is 5.32 Å². The van der Waals surface area contributed by atoms with Gasteiger partial charge in [0.1, 0.15) is 0 Å². The Morgan fingerprint density at radius 1 is 0.407 bits per heavy atom. The van der Waals surface area contributed by atoms with Crippen LogP contribution >= 0.6 is 0 Å². The van der Waals surface area contributed by atoms with Crippen LogP contribution in [0.2, 0.25) is 0 Å². The summed E-state index contributed by atoms with van der Waals surface area (Å²) in [5.74, 6) is 0.742. The van der Waals surface area contributed by atoms with Crippen LogP contribution in [0.25, 0.3) is 60.6 Å². The van der Waals surface area contributed by atoms with E-state index in [0.29, 0.717) is 0 Å². The topological polar surface area (TPSA) is 38.5 Å². The summed E-state index contributed by atoms with van der Waals surface area (Å²) >= 11 is 0. The lowest BCUT2D eigenvalue weighted by Gasteiger charge is -2.40. The largest absolute Gasteiger partial charge is 0.445 e. The van der Waals surface area contributed by atoms with Crippen molar-refractivity contribution in [2.45, 2.75) is 17.7 Å². The summed E-state index contributed by atoms with van der Waals surface area (Å²) in [4.78, 5) is 5.25. The fourth-order valence-corrected chi connectivity index (χ4v) is 10.2. The van der Waals surface area contributed by atoms with Crippen molar-refractivity contribution in [3.8, 4) is 44.5 Å². The molecule has 3 nitrogen and oxygen atoms in total. The predicted octanol–water partition coefficient (Wildman–Crippen LogP) is 13.6.